The quantitative estimate of drug-likeness (QED) is 0.293. The Morgan fingerprint density at radius 1 is 1.25 bits per heavy atom. The number of halogens is 5. The van der Waals surface area contributed by atoms with Crippen LogP contribution in [0.15, 0.2) is 21.1 Å². The van der Waals surface area contributed by atoms with Gasteiger partial charge in [0.1, 0.15) is 0 Å². The number of rotatable bonds is 3. The van der Waals surface area contributed by atoms with Gasteiger partial charge >= 0.3 is 6.03 Å². The Hall–Kier alpha value is 0.01000. The molecule has 0 heterocycles. The first-order valence-corrected chi connectivity index (χ1v) is 9.62. The second kappa shape index (κ2) is 9.09. The zero-order valence-corrected chi connectivity index (χ0v) is 19.1. The zero-order valence-electron chi connectivity index (χ0n) is 12.9. The lowest BCUT2D eigenvalue weighted by atomic mass is 10.2. The molecule has 0 aliphatic carbocycles. The van der Waals surface area contributed by atoms with Gasteiger partial charge in [0, 0.05) is 23.0 Å². The van der Waals surface area contributed by atoms with Crippen molar-refractivity contribution in [3.63, 3.8) is 0 Å². The van der Waals surface area contributed by atoms with Crippen LogP contribution >= 0.6 is 78.9 Å². The molecule has 2 amide bonds. The molecule has 1 aromatic rings. The summed E-state index contributed by atoms with van der Waals surface area (Å²) in [6.45, 7) is 1.92. The highest BCUT2D eigenvalue weighted by atomic mass is 79.9. The summed E-state index contributed by atoms with van der Waals surface area (Å²) in [4.78, 5) is 13.1. The van der Waals surface area contributed by atoms with E-state index in [0.717, 1.165) is 20.2 Å². The molecule has 0 unspecified atom stereocenters. The molecular formula is C13H15Br2Cl3N4OS. The van der Waals surface area contributed by atoms with Gasteiger partial charge < -0.3 is 20.9 Å². The number of hydrogen-bond donors (Lipinski definition) is 3. The van der Waals surface area contributed by atoms with E-state index in [1.807, 2.05) is 19.1 Å². The predicted octanol–water partition coefficient (Wildman–Crippen LogP) is 4.77. The molecule has 134 valence electrons. The minimum Gasteiger partial charge on any atom is -0.339 e. The zero-order chi connectivity index (χ0) is 18.7. The van der Waals surface area contributed by atoms with E-state index in [1.165, 1.54) is 4.90 Å². The number of aryl methyl sites for hydroxylation is 1. The highest BCUT2D eigenvalue weighted by molar-refractivity contribution is 9.11. The smallest absolute Gasteiger partial charge is 0.318 e. The minimum atomic E-state index is -1.80. The SMILES string of the molecule is Cc1cc(Br)cc(Br)c1NC(=S)N[C@H](NC(=O)N(C)C)C(Cl)(Cl)Cl. The number of benzene rings is 1. The van der Waals surface area contributed by atoms with Gasteiger partial charge in [0.2, 0.25) is 3.79 Å². The number of carbonyl (C=O) groups is 1. The summed E-state index contributed by atoms with van der Waals surface area (Å²) >= 11 is 29.9. The fourth-order valence-electron chi connectivity index (χ4n) is 1.59. The van der Waals surface area contributed by atoms with E-state index < -0.39 is 16.0 Å². The molecule has 1 rings (SSSR count). The normalized spacial score (nSPS) is 12.3. The number of thiocarbonyl (C=S) groups is 1. The number of nitrogens with one attached hydrogen (secondary N) is 3. The van der Waals surface area contributed by atoms with Crippen molar-refractivity contribution in [3.05, 3.63) is 26.6 Å². The van der Waals surface area contributed by atoms with Gasteiger partial charge in [-0.1, -0.05) is 50.7 Å². The standard InChI is InChI=1S/C13H15Br2Cl3N4OS/c1-6-4-7(14)5-8(15)9(6)19-11(24)20-10(13(16,17)18)21-12(23)22(2)3/h4-5,10H,1-3H3,(H,21,23)(H2,19,20,24)/t10-/m1/s1. The molecule has 24 heavy (non-hydrogen) atoms. The summed E-state index contributed by atoms with van der Waals surface area (Å²) < 4.78 is -0.0707. The highest BCUT2D eigenvalue weighted by Crippen LogP contribution is 2.31. The lowest BCUT2D eigenvalue weighted by molar-refractivity contribution is 0.212. The van der Waals surface area contributed by atoms with Gasteiger partial charge in [-0.05, 0) is 52.8 Å². The average Bonchev–Trinajstić information content (AvgIpc) is 2.40. The number of anilines is 1. The number of amides is 2. The fourth-order valence-corrected chi connectivity index (χ4v) is 3.68. The molecule has 0 radical (unpaired) electrons. The molecule has 0 saturated carbocycles. The summed E-state index contributed by atoms with van der Waals surface area (Å²) in [5.41, 5.74) is 1.71. The minimum absolute atomic E-state index is 0.191. The molecule has 11 heteroatoms. The molecule has 0 fully saturated rings. The molecule has 0 aromatic heterocycles. The van der Waals surface area contributed by atoms with Crippen molar-refractivity contribution >= 4 is 95.7 Å². The Balaban J connectivity index is 2.88. The molecule has 1 atom stereocenters. The largest absolute Gasteiger partial charge is 0.339 e. The third-order valence-electron chi connectivity index (χ3n) is 2.77. The summed E-state index contributed by atoms with van der Waals surface area (Å²) in [7, 11) is 3.15. The number of urea groups is 1. The van der Waals surface area contributed by atoms with Crippen LogP contribution in [0.1, 0.15) is 5.56 Å². The Morgan fingerprint density at radius 2 is 1.83 bits per heavy atom. The van der Waals surface area contributed by atoms with Crippen molar-refractivity contribution in [1.29, 1.82) is 0 Å². The summed E-state index contributed by atoms with van der Waals surface area (Å²) in [5.74, 6) is 0. The first-order valence-electron chi connectivity index (χ1n) is 6.49. The fraction of sp³-hybridized carbons (Fsp3) is 0.385. The van der Waals surface area contributed by atoms with Crippen LogP contribution in [0.5, 0.6) is 0 Å². The molecule has 0 saturated heterocycles. The van der Waals surface area contributed by atoms with Crippen molar-refractivity contribution in [2.45, 2.75) is 16.9 Å². The van der Waals surface area contributed by atoms with E-state index in [2.05, 4.69) is 47.8 Å². The van der Waals surface area contributed by atoms with Gasteiger partial charge in [0.05, 0.1) is 5.69 Å². The summed E-state index contributed by atoms with van der Waals surface area (Å²) in [6, 6.07) is 3.37. The van der Waals surface area contributed by atoms with Crippen molar-refractivity contribution < 1.29 is 4.79 Å². The molecule has 5 nitrogen and oxygen atoms in total. The topological polar surface area (TPSA) is 56.4 Å². The van der Waals surface area contributed by atoms with Crippen LogP contribution in [-0.4, -0.2) is 40.1 Å². The number of hydrogen-bond acceptors (Lipinski definition) is 2. The Labute approximate surface area is 178 Å². The maximum Gasteiger partial charge on any atom is 0.318 e. The van der Waals surface area contributed by atoms with Crippen molar-refractivity contribution in [2.75, 3.05) is 19.4 Å². The van der Waals surface area contributed by atoms with Crippen LogP contribution in [0.4, 0.5) is 10.5 Å². The average molecular weight is 542 g/mol. The van der Waals surface area contributed by atoms with Gasteiger partial charge in [-0.3, -0.25) is 0 Å². The Morgan fingerprint density at radius 3 is 2.29 bits per heavy atom. The third-order valence-corrected chi connectivity index (χ3v) is 4.73. The molecular weight excluding hydrogens is 526 g/mol. The second-order valence-corrected chi connectivity index (χ2v) is 9.54. The monoisotopic (exact) mass is 538 g/mol. The maximum absolute atomic E-state index is 11.8. The highest BCUT2D eigenvalue weighted by Gasteiger charge is 2.35. The first kappa shape index (κ1) is 22.1. The molecule has 0 aliphatic heterocycles. The van der Waals surface area contributed by atoms with Crippen molar-refractivity contribution in [1.82, 2.24) is 15.5 Å². The second-order valence-electron chi connectivity index (χ2n) is 5.00. The van der Waals surface area contributed by atoms with Crippen molar-refractivity contribution in [3.8, 4) is 0 Å². The molecule has 3 N–H and O–H groups in total. The number of nitrogens with zero attached hydrogens (tertiary/aromatic N) is 1. The Kier molecular flexibility index (Phi) is 8.36. The van der Waals surface area contributed by atoms with E-state index in [-0.39, 0.29) is 5.11 Å². The molecule has 0 bridgehead atoms. The van der Waals surface area contributed by atoms with Crippen LogP contribution in [0.25, 0.3) is 0 Å². The van der Waals surface area contributed by atoms with Gasteiger partial charge in [0.25, 0.3) is 0 Å². The van der Waals surface area contributed by atoms with E-state index in [4.69, 9.17) is 47.0 Å². The molecule has 1 aromatic carbocycles. The van der Waals surface area contributed by atoms with Crippen LogP contribution < -0.4 is 16.0 Å². The van der Waals surface area contributed by atoms with Gasteiger partial charge in [-0.25, -0.2) is 4.79 Å². The first-order chi connectivity index (χ1) is 10.9. The van der Waals surface area contributed by atoms with E-state index >= 15 is 0 Å². The van der Waals surface area contributed by atoms with Gasteiger partial charge in [0.15, 0.2) is 11.3 Å². The van der Waals surface area contributed by atoms with Crippen LogP contribution in [0, 0.1) is 6.92 Å². The van der Waals surface area contributed by atoms with E-state index in [0.29, 0.717) is 0 Å². The van der Waals surface area contributed by atoms with Gasteiger partial charge in [-0.15, -0.1) is 0 Å². The Bertz CT molecular complexity index is 617. The predicted molar refractivity (Wildman–Crippen MR) is 112 cm³/mol. The number of carbonyl (C=O) groups excluding carboxylic acids is 1. The van der Waals surface area contributed by atoms with E-state index in [9.17, 15) is 4.79 Å². The van der Waals surface area contributed by atoms with Gasteiger partial charge in [-0.2, -0.15) is 0 Å². The van der Waals surface area contributed by atoms with Crippen LogP contribution in [0.3, 0.4) is 0 Å². The lowest BCUT2D eigenvalue weighted by Crippen LogP contribution is -2.57. The summed E-state index contributed by atoms with van der Waals surface area (Å²) in [5, 5.41) is 8.55. The molecule has 0 aliphatic rings. The summed E-state index contributed by atoms with van der Waals surface area (Å²) in [6.07, 6.45) is -1.02. The van der Waals surface area contributed by atoms with E-state index in [1.54, 1.807) is 14.1 Å². The van der Waals surface area contributed by atoms with Crippen LogP contribution in [0.2, 0.25) is 0 Å². The number of alkyl halides is 3. The van der Waals surface area contributed by atoms with Crippen LogP contribution in [-0.2, 0) is 0 Å². The lowest BCUT2D eigenvalue weighted by Gasteiger charge is -2.29. The molecule has 0 spiro atoms. The van der Waals surface area contributed by atoms with Crippen molar-refractivity contribution in [2.24, 2.45) is 0 Å². The maximum atomic E-state index is 11.8. The third kappa shape index (κ3) is 6.72.